The Morgan fingerprint density at radius 3 is 2.95 bits per heavy atom. The fourth-order valence-corrected chi connectivity index (χ4v) is 3.13. The van der Waals surface area contributed by atoms with Gasteiger partial charge in [-0.2, -0.15) is 0 Å². The highest BCUT2D eigenvalue weighted by Crippen LogP contribution is 2.27. The van der Waals surface area contributed by atoms with Crippen molar-refractivity contribution in [2.75, 3.05) is 26.8 Å². The van der Waals surface area contributed by atoms with Crippen LogP contribution in [0.5, 0.6) is 0 Å². The normalized spacial score (nSPS) is 24.6. The van der Waals surface area contributed by atoms with E-state index in [0.29, 0.717) is 13.0 Å². The number of likely N-dealkylation sites (N-methyl/N-ethyl adjacent to an activating group) is 1. The van der Waals surface area contributed by atoms with E-state index in [-0.39, 0.29) is 18.1 Å². The molecule has 2 atom stereocenters. The SMILES string of the molecule is CN(C[C@@H]1OCCc2ccccc21)C(=O)C[C@H]1CCCO1. The molecule has 0 spiro atoms. The lowest BCUT2D eigenvalue weighted by Gasteiger charge is -2.30. The molecule has 0 saturated carbocycles. The van der Waals surface area contributed by atoms with E-state index >= 15 is 0 Å². The van der Waals surface area contributed by atoms with Gasteiger partial charge in [0.2, 0.25) is 5.91 Å². The van der Waals surface area contributed by atoms with Gasteiger partial charge < -0.3 is 14.4 Å². The third-order valence-corrected chi connectivity index (χ3v) is 4.38. The number of rotatable bonds is 4. The molecule has 0 N–H and O–H groups in total. The van der Waals surface area contributed by atoms with Crippen molar-refractivity contribution in [1.29, 1.82) is 0 Å². The molecule has 1 aromatic carbocycles. The largest absolute Gasteiger partial charge is 0.378 e. The molecular formula is C17H23NO3. The molecule has 1 fully saturated rings. The fourth-order valence-electron chi connectivity index (χ4n) is 3.13. The molecule has 0 unspecified atom stereocenters. The maximum absolute atomic E-state index is 12.3. The zero-order valence-corrected chi connectivity index (χ0v) is 12.6. The van der Waals surface area contributed by atoms with Gasteiger partial charge in [0.15, 0.2) is 0 Å². The molecule has 4 heteroatoms. The number of nitrogens with zero attached hydrogens (tertiary/aromatic N) is 1. The molecule has 0 radical (unpaired) electrons. The Hall–Kier alpha value is -1.39. The van der Waals surface area contributed by atoms with Crippen LogP contribution < -0.4 is 0 Å². The molecule has 3 rings (SSSR count). The molecule has 4 nitrogen and oxygen atoms in total. The summed E-state index contributed by atoms with van der Waals surface area (Å²) in [6.45, 7) is 2.14. The molecule has 2 heterocycles. The number of amides is 1. The molecule has 0 aliphatic carbocycles. The van der Waals surface area contributed by atoms with E-state index in [1.165, 1.54) is 11.1 Å². The van der Waals surface area contributed by atoms with E-state index in [1.807, 2.05) is 13.1 Å². The topological polar surface area (TPSA) is 38.8 Å². The Kier molecular flexibility index (Phi) is 4.56. The number of carbonyl (C=O) groups is 1. The van der Waals surface area contributed by atoms with Crippen molar-refractivity contribution in [3.63, 3.8) is 0 Å². The first kappa shape index (κ1) is 14.5. The number of fused-ring (bicyclic) bond motifs is 1. The molecule has 2 aliphatic rings. The Morgan fingerprint density at radius 1 is 1.29 bits per heavy atom. The number of hydrogen-bond donors (Lipinski definition) is 0. The first-order chi connectivity index (χ1) is 10.2. The lowest BCUT2D eigenvalue weighted by molar-refractivity contribution is -0.134. The fraction of sp³-hybridized carbons (Fsp3) is 0.588. The van der Waals surface area contributed by atoms with Gasteiger partial charge in [-0.05, 0) is 30.4 Å². The summed E-state index contributed by atoms with van der Waals surface area (Å²) in [4.78, 5) is 14.1. The van der Waals surface area contributed by atoms with E-state index < -0.39 is 0 Å². The summed E-state index contributed by atoms with van der Waals surface area (Å²) in [5.74, 6) is 0.147. The monoisotopic (exact) mass is 289 g/mol. The summed E-state index contributed by atoms with van der Waals surface area (Å²) in [7, 11) is 1.86. The summed E-state index contributed by atoms with van der Waals surface area (Å²) in [5.41, 5.74) is 2.56. The molecule has 21 heavy (non-hydrogen) atoms. The van der Waals surface area contributed by atoms with Gasteiger partial charge in [-0.3, -0.25) is 4.79 Å². The average molecular weight is 289 g/mol. The van der Waals surface area contributed by atoms with Crippen LogP contribution in [0.1, 0.15) is 36.5 Å². The zero-order chi connectivity index (χ0) is 14.7. The predicted octanol–water partition coefficient (Wildman–Crippen LogP) is 2.33. The van der Waals surface area contributed by atoms with Gasteiger partial charge in [-0.1, -0.05) is 24.3 Å². The minimum absolute atomic E-state index is 0.00611. The summed E-state index contributed by atoms with van der Waals surface area (Å²) in [6.07, 6.45) is 3.63. The van der Waals surface area contributed by atoms with Gasteiger partial charge in [0.25, 0.3) is 0 Å². The van der Waals surface area contributed by atoms with Crippen LogP contribution in [0.3, 0.4) is 0 Å². The van der Waals surface area contributed by atoms with Crippen molar-refractivity contribution in [2.24, 2.45) is 0 Å². The Balaban J connectivity index is 1.59. The number of benzene rings is 1. The maximum Gasteiger partial charge on any atom is 0.225 e. The van der Waals surface area contributed by atoms with Gasteiger partial charge >= 0.3 is 0 Å². The molecule has 0 bridgehead atoms. The van der Waals surface area contributed by atoms with Crippen molar-refractivity contribution in [2.45, 2.75) is 37.9 Å². The van der Waals surface area contributed by atoms with Crippen LogP contribution >= 0.6 is 0 Å². The summed E-state index contributed by atoms with van der Waals surface area (Å²) in [6, 6.07) is 8.36. The number of ether oxygens (including phenoxy) is 2. The molecule has 1 aromatic rings. The van der Waals surface area contributed by atoms with Crippen LogP contribution in [0.4, 0.5) is 0 Å². The first-order valence-electron chi connectivity index (χ1n) is 7.79. The second-order valence-corrected chi connectivity index (χ2v) is 5.92. The number of hydrogen-bond acceptors (Lipinski definition) is 3. The van der Waals surface area contributed by atoms with Crippen molar-refractivity contribution in [1.82, 2.24) is 4.90 Å². The highest BCUT2D eigenvalue weighted by molar-refractivity contribution is 5.76. The van der Waals surface area contributed by atoms with E-state index in [9.17, 15) is 4.79 Å². The predicted molar refractivity (Wildman–Crippen MR) is 80.1 cm³/mol. The molecule has 0 aromatic heterocycles. The van der Waals surface area contributed by atoms with Gasteiger partial charge in [-0.15, -0.1) is 0 Å². The highest BCUT2D eigenvalue weighted by atomic mass is 16.5. The molecule has 1 amide bonds. The van der Waals surface area contributed by atoms with Crippen LogP contribution in [0, 0.1) is 0 Å². The molecular weight excluding hydrogens is 266 g/mol. The van der Waals surface area contributed by atoms with E-state index in [0.717, 1.165) is 32.5 Å². The Bertz CT molecular complexity index is 497. The summed E-state index contributed by atoms with van der Waals surface area (Å²) >= 11 is 0. The lowest BCUT2D eigenvalue weighted by Crippen LogP contribution is -2.35. The quantitative estimate of drug-likeness (QED) is 0.854. The zero-order valence-electron chi connectivity index (χ0n) is 12.6. The second kappa shape index (κ2) is 6.58. The minimum atomic E-state index is -0.00611. The molecule has 1 saturated heterocycles. The van der Waals surface area contributed by atoms with Crippen LogP contribution in [0.25, 0.3) is 0 Å². The standard InChI is InChI=1S/C17H23NO3/c1-18(17(19)11-14-6-4-9-20-14)12-16-15-7-3-2-5-13(15)8-10-21-16/h2-3,5,7,14,16H,4,6,8-12H2,1H3/t14-,16+/m1/s1. The lowest BCUT2D eigenvalue weighted by atomic mass is 9.97. The van der Waals surface area contributed by atoms with E-state index in [4.69, 9.17) is 9.47 Å². The average Bonchev–Trinajstić information content (AvgIpc) is 3.00. The Morgan fingerprint density at radius 2 is 2.14 bits per heavy atom. The van der Waals surface area contributed by atoms with E-state index in [1.54, 1.807) is 4.90 Å². The van der Waals surface area contributed by atoms with Crippen molar-refractivity contribution in [3.8, 4) is 0 Å². The van der Waals surface area contributed by atoms with Crippen LogP contribution in [-0.4, -0.2) is 43.7 Å². The van der Waals surface area contributed by atoms with Crippen LogP contribution in [0.15, 0.2) is 24.3 Å². The molecule has 2 aliphatic heterocycles. The third kappa shape index (κ3) is 3.44. The second-order valence-electron chi connectivity index (χ2n) is 5.92. The van der Waals surface area contributed by atoms with Crippen molar-refractivity contribution < 1.29 is 14.3 Å². The Labute approximate surface area is 126 Å². The smallest absolute Gasteiger partial charge is 0.225 e. The van der Waals surface area contributed by atoms with Crippen molar-refractivity contribution >= 4 is 5.91 Å². The van der Waals surface area contributed by atoms with Crippen LogP contribution in [-0.2, 0) is 20.7 Å². The van der Waals surface area contributed by atoms with Gasteiger partial charge in [-0.25, -0.2) is 0 Å². The van der Waals surface area contributed by atoms with Crippen molar-refractivity contribution in [3.05, 3.63) is 35.4 Å². The highest BCUT2D eigenvalue weighted by Gasteiger charge is 2.25. The number of carbonyl (C=O) groups excluding carboxylic acids is 1. The van der Waals surface area contributed by atoms with Gasteiger partial charge in [0, 0.05) is 13.7 Å². The van der Waals surface area contributed by atoms with Gasteiger partial charge in [0.05, 0.1) is 25.7 Å². The summed E-state index contributed by atoms with van der Waals surface area (Å²) < 4.78 is 11.4. The third-order valence-electron chi connectivity index (χ3n) is 4.38. The first-order valence-corrected chi connectivity index (χ1v) is 7.79. The summed E-state index contributed by atoms with van der Waals surface area (Å²) in [5, 5.41) is 0. The van der Waals surface area contributed by atoms with Crippen LogP contribution in [0.2, 0.25) is 0 Å². The minimum Gasteiger partial charge on any atom is -0.378 e. The van der Waals surface area contributed by atoms with E-state index in [2.05, 4.69) is 18.2 Å². The van der Waals surface area contributed by atoms with Gasteiger partial charge in [0.1, 0.15) is 6.10 Å². The maximum atomic E-state index is 12.3. The molecule has 114 valence electrons.